The third-order valence-electron chi connectivity index (χ3n) is 1.17. The zero-order chi connectivity index (χ0) is 6.85. The molecule has 0 spiro atoms. The highest BCUT2D eigenvalue weighted by molar-refractivity contribution is 5.86. The average Bonchev–Trinajstić information content (AvgIpc) is 1.80. The van der Waals surface area contributed by atoms with Gasteiger partial charge in [-0.2, -0.15) is 0 Å². The summed E-state index contributed by atoms with van der Waals surface area (Å²) in [7, 11) is 0. The molecule has 2 unspecified atom stereocenters. The van der Waals surface area contributed by atoms with Crippen LogP contribution in [0.25, 0.3) is 0 Å². The summed E-state index contributed by atoms with van der Waals surface area (Å²) in [4.78, 5) is 10.5. The van der Waals surface area contributed by atoms with Crippen molar-refractivity contribution in [2.45, 2.75) is 18.6 Å². The number of aliphatic hydroxyl groups excluding tert-OH is 2. The van der Waals surface area contributed by atoms with E-state index < -0.39 is 12.2 Å². The fraction of sp³-hybridized carbons (Fsp3) is 0.500. The van der Waals surface area contributed by atoms with Crippen LogP contribution in [-0.4, -0.2) is 28.2 Å². The van der Waals surface area contributed by atoms with Crippen molar-refractivity contribution in [1.82, 2.24) is 0 Å². The number of carbonyl (C=O) groups is 1. The summed E-state index contributed by atoms with van der Waals surface area (Å²) in [5.41, 5.74) is 0. The van der Waals surface area contributed by atoms with Crippen LogP contribution in [0.5, 0.6) is 0 Å². The van der Waals surface area contributed by atoms with E-state index >= 15 is 0 Å². The van der Waals surface area contributed by atoms with Gasteiger partial charge in [-0.1, -0.05) is 0 Å². The highest BCUT2D eigenvalue weighted by atomic mass is 16.3. The van der Waals surface area contributed by atoms with E-state index in [0.717, 1.165) is 0 Å². The molecule has 9 heavy (non-hydrogen) atoms. The third kappa shape index (κ3) is 1.37. The van der Waals surface area contributed by atoms with Gasteiger partial charge in [-0.15, -0.1) is 0 Å². The lowest BCUT2D eigenvalue weighted by Gasteiger charge is -2.12. The smallest absolute Gasteiger partial charge is 0.168 e. The van der Waals surface area contributed by atoms with Crippen molar-refractivity contribution in [1.29, 1.82) is 0 Å². The predicted octanol–water partition coefficient (Wildman–Crippen LogP) is -0.960. The first-order chi connectivity index (χ1) is 4.20. The van der Waals surface area contributed by atoms with Crippen molar-refractivity contribution in [3.8, 4) is 0 Å². The largest absolute Gasteiger partial charge is 0.388 e. The van der Waals surface area contributed by atoms with Crippen molar-refractivity contribution in [2.24, 2.45) is 0 Å². The van der Waals surface area contributed by atoms with Crippen LogP contribution < -0.4 is 0 Å². The van der Waals surface area contributed by atoms with Crippen LogP contribution in [-0.2, 0) is 4.79 Å². The molecule has 0 aliphatic heterocycles. The fourth-order valence-corrected chi connectivity index (χ4v) is 0.665. The molecule has 0 saturated carbocycles. The number of aliphatic hydroxyl groups is 2. The van der Waals surface area contributed by atoms with Gasteiger partial charge in [0.2, 0.25) is 0 Å². The highest BCUT2D eigenvalue weighted by Gasteiger charge is 2.19. The summed E-state index contributed by atoms with van der Waals surface area (Å²) < 4.78 is 0. The Morgan fingerprint density at radius 3 is 2.78 bits per heavy atom. The second-order valence-corrected chi connectivity index (χ2v) is 1.96. The maximum atomic E-state index is 10.5. The van der Waals surface area contributed by atoms with Crippen LogP contribution in [0, 0.1) is 6.08 Å². The standard InChI is InChI=1S/C6H7O3/c7-4-1-2-5(8)6(9)3-4/h2,4-5,7-8H,3H2. The van der Waals surface area contributed by atoms with Gasteiger partial charge in [0.05, 0.1) is 6.10 Å². The van der Waals surface area contributed by atoms with Crippen LogP contribution >= 0.6 is 0 Å². The summed E-state index contributed by atoms with van der Waals surface area (Å²) >= 11 is 0. The van der Waals surface area contributed by atoms with E-state index in [1.807, 2.05) is 0 Å². The Labute approximate surface area is 52.6 Å². The molecule has 49 valence electrons. The monoisotopic (exact) mass is 127 g/mol. The Morgan fingerprint density at radius 2 is 2.33 bits per heavy atom. The van der Waals surface area contributed by atoms with Crippen LogP contribution in [0.1, 0.15) is 6.42 Å². The Kier molecular flexibility index (Phi) is 1.64. The van der Waals surface area contributed by atoms with Gasteiger partial charge in [-0.25, -0.2) is 0 Å². The van der Waals surface area contributed by atoms with Gasteiger partial charge in [0.1, 0.15) is 6.10 Å². The molecule has 0 amide bonds. The second-order valence-electron chi connectivity index (χ2n) is 1.96. The minimum absolute atomic E-state index is 0.0162. The molecule has 1 aliphatic rings. The van der Waals surface area contributed by atoms with E-state index in [-0.39, 0.29) is 12.2 Å². The minimum atomic E-state index is -1.05. The number of rotatable bonds is 0. The molecule has 0 fully saturated rings. The maximum Gasteiger partial charge on any atom is 0.168 e. The van der Waals surface area contributed by atoms with Gasteiger partial charge in [-0.3, -0.25) is 4.79 Å². The molecule has 0 aromatic heterocycles. The SMILES string of the molecule is O=C1CC(O)[C]=CC1O. The van der Waals surface area contributed by atoms with Gasteiger partial charge in [-0.05, 0) is 12.2 Å². The Bertz CT molecular complexity index is 150. The van der Waals surface area contributed by atoms with Crippen LogP contribution in [0.15, 0.2) is 6.08 Å². The Balaban J connectivity index is 2.65. The van der Waals surface area contributed by atoms with Crippen molar-refractivity contribution in [3.63, 3.8) is 0 Å². The van der Waals surface area contributed by atoms with Crippen molar-refractivity contribution in [3.05, 3.63) is 12.2 Å². The van der Waals surface area contributed by atoms with Gasteiger partial charge < -0.3 is 10.2 Å². The summed E-state index contributed by atoms with van der Waals surface area (Å²) in [6, 6.07) is 0. The molecule has 0 aromatic carbocycles. The Morgan fingerprint density at radius 1 is 1.67 bits per heavy atom. The molecule has 0 saturated heterocycles. The quantitative estimate of drug-likeness (QED) is 0.440. The van der Waals surface area contributed by atoms with Gasteiger partial charge in [0.15, 0.2) is 5.78 Å². The zero-order valence-corrected chi connectivity index (χ0v) is 4.74. The summed E-state index contributed by atoms with van der Waals surface area (Å²) in [5.74, 6) is -0.346. The lowest BCUT2D eigenvalue weighted by molar-refractivity contribution is -0.127. The molecule has 0 aromatic rings. The van der Waals surface area contributed by atoms with Crippen LogP contribution in [0.2, 0.25) is 0 Å². The van der Waals surface area contributed by atoms with E-state index in [0.29, 0.717) is 0 Å². The molecule has 3 heteroatoms. The maximum absolute atomic E-state index is 10.5. The van der Waals surface area contributed by atoms with Crippen LogP contribution in [0.3, 0.4) is 0 Å². The van der Waals surface area contributed by atoms with E-state index in [1.165, 1.54) is 6.08 Å². The van der Waals surface area contributed by atoms with E-state index in [4.69, 9.17) is 10.2 Å². The topological polar surface area (TPSA) is 57.5 Å². The normalized spacial score (nSPS) is 35.1. The number of ketones is 1. The molecular formula is C6H7O3. The van der Waals surface area contributed by atoms with Crippen molar-refractivity contribution >= 4 is 5.78 Å². The molecular weight excluding hydrogens is 120 g/mol. The second kappa shape index (κ2) is 2.29. The van der Waals surface area contributed by atoms with Crippen molar-refractivity contribution < 1.29 is 15.0 Å². The third-order valence-corrected chi connectivity index (χ3v) is 1.17. The summed E-state index contributed by atoms with van der Waals surface area (Å²) in [5, 5.41) is 17.4. The number of hydrogen-bond acceptors (Lipinski definition) is 3. The molecule has 2 N–H and O–H groups in total. The number of carbonyl (C=O) groups excluding carboxylic acids is 1. The first kappa shape index (κ1) is 6.45. The van der Waals surface area contributed by atoms with Gasteiger partial charge in [0.25, 0.3) is 0 Å². The molecule has 1 rings (SSSR count). The van der Waals surface area contributed by atoms with E-state index in [9.17, 15) is 4.79 Å². The zero-order valence-electron chi connectivity index (χ0n) is 4.74. The lowest BCUT2D eigenvalue weighted by atomic mass is 10.0. The number of Topliss-reactive ketones (excluding diaryl/α,β-unsaturated/α-hetero) is 1. The molecule has 0 bridgehead atoms. The van der Waals surface area contributed by atoms with E-state index in [2.05, 4.69) is 6.08 Å². The van der Waals surface area contributed by atoms with Crippen LogP contribution in [0.4, 0.5) is 0 Å². The highest BCUT2D eigenvalue weighted by Crippen LogP contribution is 2.05. The molecule has 1 radical (unpaired) electrons. The van der Waals surface area contributed by atoms with E-state index in [1.54, 1.807) is 0 Å². The molecule has 1 aliphatic carbocycles. The predicted molar refractivity (Wildman–Crippen MR) is 29.5 cm³/mol. The van der Waals surface area contributed by atoms with Gasteiger partial charge in [0, 0.05) is 6.42 Å². The first-order valence-electron chi connectivity index (χ1n) is 2.68. The summed E-state index contributed by atoms with van der Waals surface area (Å²) in [6.45, 7) is 0. The lowest BCUT2D eigenvalue weighted by Crippen LogP contribution is -2.27. The fourth-order valence-electron chi connectivity index (χ4n) is 0.665. The number of hydrogen-bond donors (Lipinski definition) is 2. The van der Waals surface area contributed by atoms with Crippen molar-refractivity contribution in [2.75, 3.05) is 0 Å². The molecule has 3 nitrogen and oxygen atoms in total. The van der Waals surface area contributed by atoms with Gasteiger partial charge >= 0.3 is 0 Å². The molecule has 2 atom stereocenters. The Hall–Kier alpha value is -0.670. The summed E-state index contributed by atoms with van der Waals surface area (Å²) in [6.07, 6.45) is 1.72. The first-order valence-corrected chi connectivity index (χ1v) is 2.68. The molecule has 0 heterocycles. The average molecular weight is 127 g/mol. The minimum Gasteiger partial charge on any atom is -0.388 e.